The second-order valence-electron chi connectivity index (χ2n) is 6.15. The second-order valence-corrected chi connectivity index (χ2v) is 6.15. The van der Waals surface area contributed by atoms with Gasteiger partial charge in [-0.1, -0.05) is 6.07 Å². The molecule has 1 heterocycles. The highest BCUT2D eigenvalue weighted by atomic mass is 16.5. The Kier molecular flexibility index (Phi) is 5.64. The van der Waals surface area contributed by atoms with Crippen LogP contribution in [-0.4, -0.2) is 36.3 Å². The Morgan fingerprint density at radius 2 is 2.08 bits per heavy atom. The molecule has 1 aliphatic rings. The first-order chi connectivity index (χ1) is 11.7. The van der Waals surface area contributed by atoms with Gasteiger partial charge in [0.1, 0.15) is 12.4 Å². The van der Waals surface area contributed by atoms with E-state index in [1.165, 1.54) is 0 Å². The van der Waals surface area contributed by atoms with E-state index in [1.54, 1.807) is 6.20 Å². The maximum atomic E-state index is 11.7. The number of nitrogens with one attached hydrogen (secondary N) is 1. The van der Waals surface area contributed by atoms with E-state index in [-0.39, 0.29) is 24.7 Å². The molecular weight excluding hydrogens is 304 g/mol. The molecule has 0 saturated heterocycles. The van der Waals surface area contributed by atoms with Crippen LogP contribution in [-0.2, 0) is 9.53 Å². The molecule has 1 N–H and O–H groups in total. The molecule has 1 aromatic carbocycles. The highest BCUT2D eigenvalue weighted by Gasteiger charge is 2.23. The van der Waals surface area contributed by atoms with Crippen molar-refractivity contribution >= 4 is 16.8 Å². The second kappa shape index (κ2) is 8.11. The van der Waals surface area contributed by atoms with Crippen LogP contribution in [0.15, 0.2) is 36.5 Å². The van der Waals surface area contributed by atoms with E-state index < -0.39 is 0 Å². The van der Waals surface area contributed by atoms with E-state index in [4.69, 9.17) is 9.47 Å². The Labute approximate surface area is 142 Å². The molecular formula is C19H24N2O3. The first kappa shape index (κ1) is 16.7. The van der Waals surface area contributed by atoms with E-state index in [0.717, 1.165) is 42.3 Å². The van der Waals surface area contributed by atoms with Gasteiger partial charge in [0.25, 0.3) is 0 Å². The van der Waals surface area contributed by atoms with Crippen molar-refractivity contribution in [1.82, 2.24) is 10.3 Å². The number of pyridine rings is 1. The standard InChI is InChI=1S/C19H24N2O3/c1-2-23-13-19(22)21-15-5-7-16(8-6-15)24-17-9-10-18-14(12-17)4-3-11-20-18/h3-4,9-12,15-16H,2,5-8,13H2,1H3,(H,21,22). The number of rotatable bonds is 6. The van der Waals surface area contributed by atoms with Crippen molar-refractivity contribution in [2.75, 3.05) is 13.2 Å². The third-order valence-corrected chi connectivity index (χ3v) is 4.35. The predicted molar refractivity (Wildman–Crippen MR) is 93.1 cm³/mol. The molecule has 5 nitrogen and oxygen atoms in total. The van der Waals surface area contributed by atoms with Crippen molar-refractivity contribution in [3.05, 3.63) is 36.5 Å². The minimum atomic E-state index is -0.0248. The Morgan fingerprint density at radius 1 is 1.25 bits per heavy atom. The Balaban J connectivity index is 1.48. The van der Waals surface area contributed by atoms with Gasteiger partial charge in [0.15, 0.2) is 0 Å². The van der Waals surface area contributed by atoms with Crippen LogP contribution in [0.5, 0.6) is 5.75 Å². The summed E-state index contributed by atoms with van der Waals surface area (Å²) in [6.07, 6.45) is 5.79. The molecule has 24 heavy (non-hydrogen) atoms. The molecule has 0 radical (unpaired) electrons. The molecule has 2 aromatic rings. The number of hydrogen-bond acceptors (Lipinski definition) is 4. The summed E-state index contributed by atoms with van der Waals surface area (Å²) in [6, 6.07) is 10.2. The smallest absolute Gasteiger partial charge is 0.246 e. The van der Waals surface area contributed by atoms with Crippen molar-refractivity contribution in [3.8, 4) is 5.75 Å². The van der Waals surface area contributed by atoms with E-state index >= 15 is 0 Å². The number of hydrogen-bond donors (Lipinski definition) is 1. The minimum absolute atomic E-state index is 0.0248. The summed E-state index contributed by atoms with van der Waals surface area (Å²) in [5.74, 6) is 0.863. The Hall–Kier alpha value is -2.14. The van der Waals surface area contributed by atoms with Gasteiger partial charge in [0, 0.05) is 24.2 Å². The third kappa shape index (κ3) is 4.45. The molecule has 3 rings (SSSR count). The number of fused-ring (bicyclic) bond motifs is 1. The summed E-state index contributed by atoms with van der Waals surface area (Å²) >= 11 is 0. The van der Waals surface area contributed by atoms with E-state index in [0.29, 0.717) is 6.61 Å². The molecule has 1 aliphatic carbocycles. The van der Waals surface area contributed by atoms with E-state index in [2.05, 4.69) is 10.3 Å². The maximum absolute atomic E-state index is 11.7. The molecule has 1 amide bonds. The zero-order valence-electron chi connectivity index (χ0n) is 14.0. The van der Waals surface area contributed by atoms with Gasteiger partial charge in [0.2, 0.25) is 5.91 Å². The average Bonchev–Trinajstić information content (AvgIpc) is 2.61. The van der Waals surface area contributed by atoms with Crippen LogP contribution in [0.25, 0.3) is 10.9 Å². The number of carbonyl (C=O) groups excluding carboxylic acids is 1. The summed E-state index contributed by atoms with van der Waals surface area (Å²) in [4.78, 5) is 16.0. The summed E-state index contributed by atoms with van der Waals surface area (Å²) in [5.41, 5.74) is 0.977. The summed E-state index contributed by atoms with van der Waals surface area (Å²) in [5, 5.41) is 4.12. The van der Waals surface area contributed by atoms with Crippen LogP contribution in [0.1, 0.15) is 32.6 Å². The fourth-order valence-corrected chi connectivity index (χ4v) is 3.11. The van der Waals surface area contributed by atoms with Crippen molar-refractivity contribution in [2.45, 2.75) is 44.8 Å². The summed E-state index contributed by atoms with van der Waals surface area (Å²) in [7, 11) is 0. The van der Waals surface area contributed by atoms with Gasteiger partial charge >= 0.3 is 0 Å². The molecule has 0 spiro atoms. The van der Waals surface area contributed by atoms with Crippen LogP contribution in [0.4, 0.5) is 0 Å². The number of ether oxygens (including phenoxy) is 2. The topological polar surface area (TPSA) is 60.5 Å². The minimum Gasteiger partial charge on any atom is -0.490 e. The SMILES string of the molecule is CCOCC(=O)NC1CCC(Oc2ccc3ncccc3c2)CC1. The normalized spacial score (nSPS) is 20.7. The lowest BCUT2D eigenvalue weighted by Gasteiger charge is -2.29. The monoisotopic (exact) mass is 328 g/mol. The lowest BCUT2D eigenvalue weighted by atomic mass is 9.93. The van der Waals surface area contributed by atoms with Crippen molar-refractivity contribution in [3.63, 3.8) is 0 Å². The number of aromatic nitrogens is 1. The van der Waals surface area contributed by atoms with Crippen LogP contribution in [0, 0.1) is 0 Å². The Morgan fingerprint density at radius 3 is 2.88 bits per heavy atom. The van der Waals surface area contributed by atoms with Crippen molar-refractivity contribution < 1.29 is 14.3 Å². The molecule has 1 saturated carbocycles. The molecule has 1 aromatic heterocycles. The highest BCUT2D eigenvalue weighted by molar-refractivity contribution is 5.79. The van der Waals surface area contributed by atoms with Crippen molar-refractivity contribution in [1.29, 1.82) is 0 Å². The van der Waals surface area contributed by atoms with Gasteiger partial charge in [-0.05, 0) is 56.9 Å². The first-order valence-corrected chi connectivity index (χ1v) is 8.63. The van der Waals surface area contributed by atoms with Crippen LogP contribution in [0.2, 0.25) is 0 Å². The maximum Gasteiger partial charge on any atom is 0.246 e. The molecule has 5 heteroatoms. The van der Waals surface area contributed by atoms with E-state index in [1.807, 2.05) is 37.3 Å². The summed E-state index contributed by atoms with van der Waals surface area (Å²) < 4.78 is 11.2. The van der Waals surface area contributed by atoms with Gasteiger partial charge < -0.3 is 14.8 Å². The molecule has 0 atom stereocenters. The fraction of sp³-hybridized carbons (Fsp3) is 0.474. The van der Waals surface area contributed by atoms with Crippen LogP contribution < -0.4 is 10.1 Å². The van der Waals surface area contributed by atoms with E-state index in [9.17, 15) is 4.79 Å². The quantitative estimate of drug-likeness (QED) is 0.885. The lowest BCUT2D eigenvalue weighted by molar-refractivity contribution is -0.126. The van der Waals surface area contributed by atoms with Gasteiger partial charge in [-0.25, -0.2) is 0 Å². The largest absolute Gasteiger partial charge is 0.490 e. The average molecular weight is 328 g/mol. The van der Waals surface area contributed by atoms with Crippen molar-refractivity contribution in [2.24, 2.45) is 0 Å². The molecule has 0 bridgehead atoms. The van der Waals surface area contributed by atoms with Crippen LogP contribution in [0.3, 0.4) is 0 Å². The van der Waals surface area contributed by atoms with Gasteiger partial charge in [0.05, 0.1) is 11.6 Å². The third-order valence-electron chi connectivity index (χ3n) is 4.35. The number of carbonyl (C=O) groups is 1. The number of benzene rings is 1. The van der Waals surface area contributed by atoms with Crippen LogP contribution >= 0.6 is 0 Å². The predicted octanol–water partition coefficient (Wildman–Crippen LogP) is 3.08. The molecule has 0 unspecified atom stereocenters. The van der Waals surface area contributed by atoms with Gasteiger partial charge in [-0.3, -0.25) is 9.78 Å². The zero-order valence-corrected chi connectivity index (χ0v) is 14.0. The number of amides is 1. The summed E-state index contributed by atoms with van der Waals surface area (Å²) in [6.45, 7) is 2.60. The van der Waals surface area contributed by atoms with Gasteiger partial charge in [-0.2, -0.15) is 0 Å². The molecule has 128 valence electrons. The zero-order chi connectivity index (χ0) is 16.8. The first-order valence-electron chi connectivity index (χ1n) is 8.63. The molecule has 1 fully saturated rings. The molecule has 0 aliphatic heterocycles. The highest BCUT2D eigenvalue weighted by Crippen LogP contribution is 2.26. The van der Waals surface area contributed by atoms with Gasteiger partial charge in [-0.15, -0.1) is 0 Å². The number of nitrogens with zero attached hydrogens (tertiary/aromatic N) is 1. The Bertz CT molecular complexity index is 681. The fourth-order valence-electron chi connectivity index (χ4n) is 3.11. The lowest BCUT2D eigenvalue weighted by Crippen LogP contribution is -2.41.